The third kappa shape index (κ3) is 2.49. The Balaban J connectivity index is 1.58. The van der Waals surface area contributed by atoms with Gasteiger partial charge in [0.15, 0.2) is 0 Å². The van der Waals surface area contributed by atoms with Crippen LogP contribution in [0.4, 0.5) is 0 Å². The van der Waals surface area contributed by atoms with Gasteiger partial charge in [-0.05, 0) is 80.4 Å². The number of hydrogen-bond donors (Lipinski definition) is 1. The van der Waals surface area contributed by atoms with E-state index in [9.17, 15) is 8.42 Å². The van der Waals surface area contributed by atoms with Crippen molar-refractivity contribution in [2.45, 2.75) is 50.0 Å². The molecular weight excluding hydrogens is 318 g/mol. The molecule has 0 spiro atoms. The molecule has 4 fully saturated rings. The topological polar surface area (TPSA) is 46.2 Å². The molecule has 0 aliphatic heterocycles. The maximum atomic E-state index is 12.7. The van der Waals surface area contributed by atoms with Crippen LogP contribution in [0.25, 0.3) is 0 Å². The van der Waals surface area contributed by atoms with E-state index >= 15 is 0 Å². The summed E-state index contributed by atoms with van der Waals surface area (Å²) >= 11 is 6.09. The van der Waals surface area contributed by atoms with Gasteiger partial charge in [-0.1, -0.05) is 17.7 Å². The average Bonchev–Trinajstić information content (AvgIpc) is 2.45. The van der Waals surface area contributed by atoms with E-state index in [4.69, 9.17) is 11.6 Å². The number of sulfonamides is 1. The van der Waals surface area contributed by atoms with Crippen molar-refractivity contribution >= 4 is 21.6 Å². The molecule has 5 rings (SSSR count). The molecule has 4 bridgehead atoms. The molecule has 0 aromatic heterocycles. The number of nitrogens with one attached hydrogen (secondary N) is 1. The molecule has 0 unspecified atom stereocenters. The van der Waals surface area contributed by atoms with Gasteiger partial charge < -0.3 is 0 Å². The van der Waals surface area contributed by atoms with E-state index in [1.165, 1.54) is 32.1 Å². The van der Waals surface area contributed by atoms with Gasteiger partial charge >= 0.3 is 0 Å². The molecule has 0 radical (unpaired) electrons. The Morgan fingerprint density at radius 1 is 1.05 bits per heavy atom. The summed E-state index contributed by atoms with van der Waals surface area (Å²) in [6.45, 7) is 1.88. The van der Waals surface area contributed by atoms with Crippen LogP contribution in [0.3, 0.4) is 0 Å². The molecule has 4 saturated carbocycles. The molecular formula is C17H22ClNO2S. The molecule has 0 atom stereocenters. The first-order valence-corrected chi connectivity index (χ1v) is 10.1. The van der Waals surface area contributed by atoms with Crippen molar-refractivity contribution in [3.63, 3.8) is 0 Å². The molecule has 0 saturated heterocycles. The van der Waals surface area contributed by atoms with Gasteiger partial charge in [0, 0.05) is 11.1 Å². The van der Waals surface area contributed by atoms with Crippen LogP contribution in [0.1, 0.15) is 37.7 Å². The number of rotatable bonds is 3. The second-order valence-electron chi connectivity index (χ2n) is 7.49. The fraction of sp³-hybridized carbons (Fsp3) is 0.647. The predicted octanol–water partition coefficient (Wildman–Crippen LogP) is 3.75. The van der Waals surface area contributed by atoms with E-state index in [1.807, 2.05) is 6.92 Å². The van der Waals surface area contributed by atoms with Gasteiger partial charge in [-0.2, -0.15) is 0 Å². The Hall–Kier alpha value is -0.580. The van der Waals surface area contributed by atoms with Crippen molar-refractivity contribution in [2.24, 2.45) is 23.7 Å². The first kappa shape index (κ1) is 15.0. The standard InChI is InChI=1S/C17H22ClNO2S/c1-10-2-3-15(9-16(10)18)22(20,21)19-17-13-5-11-4-12(7-13)8-14(17)6-11/h2-3,9,11-14,17,19H,4-8H2,1H3. The Labute approximate surface area is 137 Å². The minimum absolute atomic E-state index is 0.123. The lowest BCUT2D eigenvalue weighted by atomic mass is 9.54. The van der Waals surface area contributed by atoms with E-state index in [2.05, 4.69) is 4.72 Å². The highest BCUT2D eigenvalue weighted by Gasteiger charge is 2.49. The summed E-state index contributed by atoms with van der Waals surface area (Å²) in [5.41, 5.74) is 0.898. The monoisotopic (exact) mass is 339 g/mol. The summed E-state index contributed by atoms with van der Waals surface area (Å²) < 4.78 is 28.5. The number of aryl methyl sites for hydroxylation is 1. The lowest BCUT2D eigenvalue weighted by molar-refractivity contribution is -0.00557. The van der Waals surface area contributed by atoms with Crippen molar-refractivity contribution < 1.29 is 8.42 Å². The smallest absolute Gasteiger partial charge is 0.208 e. The second kappa shape index (κ2) is 5.22. The quantitative estimate of drug-likeness (QED) is 0.911. The van der Waals surface area contributed by atoms with Crippen LogP contribution in [0.2, 0.25) is 5.02 Å². The van der Waals surface area contributed by atoms with E-state index in [1.54, 1.807) is 18.2 Å². The van der Waals surface area contributed by atoms with E-state index in [0.29, 0.717) is 16.9 Å². The highest BCUT2D eigenvalue weighted by atomic mass is 35.5. The highest BCUT2D eigenvalue weighted by Crippen LogP contribution is 2.53. The van der Waals surface area contributed by atoms with Crippen LogP contribution >= 0.6 is 11.6 Å². The molecule has 0 amide bonds. The van der Waals surface area contributed by atoms with Gasteiger partial charge in [0.1, 0.15) is 0 Å². The average molecular weight is 340 g/mol. The Bertz CT molecular complexity index is 673. The van der Waals surface area contributed by atoms with E-state index < -0.39 is 10.0 Å². The van der Waals surface area contributed by atoms with Gasteiger partial charge in [-0.3, -0.25) is 0 Å². The van der Waals surface area contributed by atoms with Crippen LogP contribution in [0, 0.1) is 30.6 Å². The lowest BCUT2D eigenvalue weighted by Gasteiger charge is -2.54. The van der Waals surface area contributed by atoms with Crippen molar-refractivity contribution in [1.29, 1.82) is 0 Å². The molecule has 5 heteroatoms. The predicted molar refractivity (Wildman–Crippen MR) is 87.3 cm³/mol. The molecule has 1 aromatic rings. The summed E-state index contributed by atoms with van der Waals surface area (Å²) in [6, 6.07) is 5.11. The van der Waals surface area contributed by atoms with Crippen molar-refractivity contribution in [3.05, 3.63) is 28.8 Å². The third-order valence-corrected chi connectivity index (χ3v) is 7.84. The third-order valence-electron chi connectivity index (χ3n) is 5.97. The molecule has 120 valence electrons. The van der Waals surface area contributed by atoms with Gasteiger partial charge in [0.05, 0.1) is 4.90 Å². The number of benzene rings is 1. The zero-order chi connectivity index (χ0) is 15.5. The largest absolute Gasteiger partial charge is 0.240 e. The van der Waals surface area contributed by atoms with Crippen molar-refractivity contribution in [3.8, 4) is 0 Å². The number of halogens is 1. The van der Waals surface area contributed by atoms with Crippen molar-refractivity contribution in [2.75, 3.05) is 0 Å². The zero-order valence-electron chi connectivity index (χ0n) is 12.8. The van der Waals surface area contributed by atoms with Gasteiger partial charge in [-0.15, -0.1) is 0 Å². The van der Waals surface area contributed by atoms with Crippen molar-refractivity contribution in [1.82, 2.24) is 4.72 Å². The van der Waals surface area contributed by atoms with Crippen LogP contribution < -0.4 is 4.72 Å². The molecule has 1 N–H and O–H groups in total. The summed E-state index contributed by atoms with van der Waals surface area (Å²) in [5, 5.41) is 0.507. The molecule has 4 aliphatic carbocycles. The Kier molecular flexibility index (Phi) is 3.55. The first-order valence-electron chi connectivity index (χ1n) is 8.21. The van der Waals surface area contributed by atoms with E-state index in [-0.39, 0.29) is 10.9 Å². The zero-order valence-corrected chi connectivity index (χ0v) is 14.3. The fourth-order valence-electron chi connectivity index (χ4n) is 5.11. The normalized spacial score (nSPS) is 36.7. The Morgan fingerprint density at radius 3 is 2.18 bits per heavy atom. The molecule has 0 heterocycles. The van der Waals surface area contributed by atoms with Gasteiger partial charge in [-0.25, -0.2) is 13.1 Å². The molecule has 22 heavy (non-hydrogen) atoms. The van der Waals surface area contributed by atoms with Gasteiger partial charge in [0.25, 0.3) is 0 Å². The maximum Gasteiger partial charge on any atom is 0.240 e. The van der Waals surface area contributed by atoms with Crippen LogP contribution in [-0.4, -0.2) is 14.5 Å². The highest BCUT2D eigenvalue weighted by molar-refractivity contribution is 7.89. The van der Waals surface area contributed by atoms with Crippen LogP contribution in [0.15, 0.2) is 23.1 Å². The summed E-state index contributed by atoms with van der Waals surface area (Å²) in [6.07, 6.45) is 6.19. The SMILES string of the molecule is Cc1ccc(S(=O)(=O)NC2C3CC4CC(C3)CC2C4)cc1Cl. The molecule has 1 aromatic carbocycles. The minimum atomic E-state index is -3.48. The van der Waals surface area contributed by atoms with Gasteiger partial charge in [0.2, 0.25) is 10.0 Å². The van der Waals surface area contributed by atoms with Crippen LogP contribution in [-0.2, 0) is 10.0 Å². The summed E-state index contributed by atoms with van der Waals surface area (Å²) in [4.78, 5) is 0.289. The molecule has 4 aliphatic rings. The lowest BCUT2D eigenvalue weighted by Crippen LogP contribution is -2.55. The molecule has 3 nitrogen and oxygen atoms in total. The minimum Gasteiger partial charge on any atom is -0.208 e. The second-order valence-corrected chi connectivity index (χ2v) is 9.61. The first-order chi connectivity index (χ1) is 10.4. The fourth-order valence-corrected chi connectivity index (χ4v) is 6.75. The summed E-state index contributed by atoms with van der Waals surface area (Å²) in [5.74, 6) is 2.76. The Morgan fingerprint density at radius 2 is 1.64 bits per heavy atom. The summed E-state index contributed by atoms with van der Waals surface area (Å²) in [7, 11) is -3.48. The maximum absolute atomic E-state index is 12.7. The van der Waals surface area contributed by atoms with E-state index in [0.717, 1.165) is 17.4 Å². The van der Waals surface area contributed by atoms with Crippen LogP contribution in [0.5, 0.6) is 0 Å². The number of hydrogen-bond acceptors (Lipinski definition) is 2.